The Balaban J connectivity index is 3.14. The lowest BCUT2D eigenvalue weighted by Gasteiger charge is -1.98. The fraction of sp³-hybridized carbons (Fsp3) is 0.100. The summed E-state index contributed by atoms with van der Waals surface area (Å²) >= 11 is 0. The molecule has 0 spiro atoms. The number of carbonyl (C=O) groups is 1. The van der Waals surface area contributed by atoms with Crippen molar-refractivity contribution in [1.82, 2.24) is 0 Å². The second-order valence-electron chi connectivity index (χ2n) is 2.50. The number of phenols is 1. The number of aromatic carboxylic acids is 1. The van der Waals surface area contributed by atoms with Crippen molar-refractivity contribution < 1.29 is 20.1 Å². The van der Waals surface area contributed by atoms with E-state index in [1.165, 1.54) is 18.2 Å². The highest BCUT2D eigenvalue weighted by Gasteiger charge is 2.05. The van der Waals surface area contributed by atoms with Crippen LogP contribution in [-0.2, 0) is 0 Å². The van der Waals surface area contributed by atoms with Crippen LogP contribution in [0.2, 0.25) is 0 Å². The number of carboxylic acids is 1. The number of carboxylic acid groups (broad SMARTS) is 1. The van der Waals surface area contributed by atoms with Gasteiger partial charge in [0.25, 0.3) is 0 Å². The first-order valence-corrected chi connectivity index (χ1v) is 3.81. The number of phenolic OH excluding ortho intramolecular Hbond substituents is 1. The standard InChI is InChI=1S/C10H8O4/c11-5-1-2-7-6-8(10(13)14)3-4-9(7)12/h3-4,6,11-12H,5H2,(H,13,14). The van der Waals surface area contributed by atoms with Gasteiger partial charge in [-0.15, -0.1) is 0 Å². The van der Waals surface area contributed by atoms with Gasteiger partial charge in [0.15, 0.2) is 0 Å². The fourth-order valence-corrected chi connectivity index (χ4v) is 0.904. The van der Waals surface area contributed by atoms with E-state index in [4.69, 9.17) is 10.2 Å². The Bertz CT molecular complexity index is 412. The quantitative estimate of drug-likeness (QED) is 0.564. The molecule has 0 aromatic heterocycles. The Hall–Kier alpha value is -1.99. The Morgan fingerprint density at radius 3 is 2.71 bits per heavy atom. The average molecular weight is 192 g/mol. The second-order valence-corrected chi connectivity index (χ2v) is 2.50. The molecule has 14 heavy (non-hydrogen) atoms. The molecule has 0 unspecified atom stereocenters. The highest BCUT2D eigenvalue weighted by atomic mass is 16.4. The minimum atomic E-state index is -1.09. The minimum absolute atomic E-state index is 0.0463. The van der Waals surface area contributed by atoms with Gasteiger partial charge in [-0.1, -0.05) is 11.8 Å². The van der Waals surface area contributed by atoms with Crippen LogP contribution in [0, 0.1) is 11.8 Å². The number of aliphatic hydroxyl groups is 1. The van der Waals surface area contributed by atoms with Crippen LogP contribution in [0.1, 0.15) is 15.9 Å². The van der Waals surface area contributed by atoms with Crippen molar-refractivity contribution in [3.05, 3.63) is 29.3 Å². The average Bonchev–Trinajstić information content (AvgIpc) is 2.16. The highest BCUT2D eigenvalue weighted by molar-refractivity contribution is 5.88. The summed E-state index contributed by atoms with van der Waals surface area (Å²) in [7, 11) is 0. The monoisotopic (exact) mass is 192 g/mol. The SMILES string of the molecule is O=C(O)c1ccc(O)c(C#CCO)c1. The van der Waals surface area contributed by atoms with Gasteiger partial charge >= 0.3 is 5.97 Å². The van der Waals surface area contributed by atoms with Crippen molar-refractivity contribution >= 4 is 5.97 Å². The molecule has 72 valence electrons. The van der Waals surface area contributed by atoms with E-state index < -0.39 is 5.97 Å². The maximum absolute atomic E-state index is 10.6. The van der Waals surface area contributed by atoms with E-state index in [9.17, 15) is 9.90 Å². The summed E-state index contributed by atoms with van der Waals surface area (Å²) in [5.41, 5.74) is 0.240. The van der Waals surface area contributed by atoms with E-state index in [-0.39, 0.29) is 23.5 Å². The van der Waals surface area contributed by atoms with E-state index in [0.29, 0.717) is 0 Å². The lowest BCUT2D eigenvalue weighted by molar-refractivity contribution is 0.0697. The maximum Gasteiger partial charge on any atom is 0.335 e. The number of benzene rings is 1. The first-order valence-electron chi connectivity index (χ1n) is 3.81. The zero-order valence-electron chi connectivity index (χ0n) is 7.19. The van der Waals surface area contributed by atoms with Crippen LogP contribution >= 0.6 is 0 Å². The van der Waals surface area contributed by atoms with Crippen LogP contribution in [0.4, 0.5) is 0 Å². The van der Waals surface area contributed by atoms with Gasteiger partial charge < -0.3 is 15.3 Å². The van der Waals surface area contributed by atoms with Crippen molar-refractivity contribution in [2.45, 2.75) is 0 Å². The van der Waals surface area contributed by atoms with Crippen molar-refractivity contribution in [3.8, 4) is 17.6 Å². The topological polar surface area (TPSA) is 77.8 Å². The summed E-state index contributed by atoms with van der Waals surface area (Å²) in [6.45, 7) is -0.337. The molecule has 4 heteroatoms. The lowest BCUT2D eigenvalue weighted by atomic mass is 10.1. The predicted molar refractivity (Wildman–Crippen MR) is 49.0 cm³/mol. The van der Waals surface area contributed by atoms with Gasteiger partial charge in [0.2, 0.25) is 0 Å². The Morgan fingerprint density at radius 1 is 1.43 bits per heavy atom. The van der Waals surface area contributed by atoms with Crippen molar-refractivity contribution in [2.75, 3.05) is 6.61 Å². The van der Waals surface area contributed by atoms with Crippen LogP contribution in [-0.4, -0.2) is 27.9 Å². The molecule has 0 atom stereocenters. The molecule has 0 aliphatic rings. The Kier molecular flexibility index (Phi) is 3.10. The third-order valence-electron chi connectivity index (χ3n) is 1.55. The Morgan fingerprint density at radius 2 is 2.14 bits per heavy atom. The first kappa shape index (κ1) is 10.1. The van der Waals surface area contributed by atoms with E-state index in [2.05, 4.69) is 11.8 Å². The summed E-state index contributed by atoms with van der Waals surface area (Å²) in [6.07, 6.45) is 0. The molecule has 1 rings (SSSR count). The minimum Gasteiger partial charge on any atom is -0.507 e. The van der Waals surface area contributed by atoms with Crippen LogP contribution in [0.15, 0.2) is 18.2 Å². The molecule has 0 fully saturated rings. The van der Waals surface area contributed by atoms with Gasteiger partial charge in [0.1, 0.15) is 12.4 Å². The van der Waals surface area contributed by atoms with Crippen LogP contribution in [0.25, 0.3) is 0 Å². The van der Waals surface area contributed by atoms with Crippen LogP contribution in [0.5, 0.6) is 5.75 Å². The zero-order valence-corrected chi connectivity index (χ0v) is 7.19. The van der Waals surface area contributed by atoms with Gasteiger partial charge in [0, 0.05) is 0 Å². The first-order chi connectivity index (χ1) is 6.65. The Labute approximate surface area is 80.4 Å². The van der Waals surface area contributed by atoms with E-state index in [1.807, 2.05) is 0 Å². The van der Waals surface area contributed by atoms with Crippen LogP contribution < -0.4 is 0 Å². The maximum atomic E-state index is 10.6. The fourth-order valence-electron chi connectivity index (χ4n) is 0.904. The molecule has 3 N–H and O–H groups in total. The predicted octanol–water partition coefficient (Wildman–Crippen LogP) is 0.434. The number of hydrogen-bond acceptors (Lipinski definition) is 3. The van der Waals surface area contributed by atoms with Gasteiger partial charge in [0.05, 0.1) is 11.1 Å². The highest BCUT2D eigenvalue weighted by Crippen LogP contribution is 2.17. The summed E-state index contributed by atoms with van der Waals surface area (Å²) < 4.78 is 0. The van der Waals surface area contributed by atoms with Gasteiger partial charge in [-0.05, 0) is 18.2 Å². The van der Waals surface area contributed by atoms with E-state index in [1.54, 1.807) is 0 Å². The summed E-state index contributed by atoms with van der Waals surface area (Å²) in [6, 6.07) is 3.78. The number of rotatable bonds is 1. The molecule has 1 aromatic rings. The van der Waals surface area contributed by atoms with Gasteiger partial charge in [-0.3, -0.25) is 0 Å². The number of hydrogen-bond donors (Lipinski definition) is 3. The molecule has 0 amide bonds. The smallest absolute Gasteiger partial charge is 0.335 e. The normalized spacial score (nSPS) is 8.93. The third kappa shape index (κ3) is 2.25. The summed E-state index contributed by atoms with van der Waals surface area (Å²) in [5.74, 6) is 3.58. The zero-order chi connectivity index (χ0) is 10.6. The van der Waals surface area contributed by atoms with E-state index >= 15 is 0 Å². The van der Waals surface area contributed by atoms with Gasteiger partial charge in [-0.2, -0.15) is 0 Å². The lowest BCUT2D eigenvalue weighted by Crippen LogP contribution is -1.96. The van der Waals surface area contributed by atoms with Crippen LogP contribution in [0.3, 0.4) is 0 Å². The number of aliphatic hydroxyl groups excluding tert-OH is 1. The second kappa shape index (κ2) is 4.30. The molecule has 0 bridgehead atoms. The summed E-state index contributed by atoms with van der Waals surface area (Å²) in [5, 5.41) is 26.3. The van der Waals surface area contributed by atoms with Crippen molar-refractivity contribution in [1.29, 1.82) is 0 Å². The van der Waals surface area contributed by atoms with Crippen molar-refractivity contribution in [2.24, 2.45) is 0 Å². The van der Waals surface area contributed by atoms with E-state index in [0.717, 1.165) is 0 Å². The third-order valence-corrected chi connectivity index (χ3v) is 1.55. The molecule has 0 radical (unpaired) electrons. The molecule has 4 nitrogen and oxygen atoms in total. The van der Waals surface area contributed by atoms with Gasteiger partial charge in [-0.25, -0.2) is 4.79 Å². The molecule has 0 saturated heterocycles. The molecule has 1 aromatic carbocycles. The largest absolute Gasteiger partial charge is 0.507 e. The molecule has 0 saturated carbocycles. The molecular formula is C10H8O4. The molecule has 0 heterocycles. The molecular weight excluding hydrogens is 184 g/mol. The number of aromatic hydroxyl groups is 1. The van der Waals surface area contributed by atoms with Crippen molar-refractivity contribution in [3.63, 3.8) is 0 Å². The molecule has 0 aliphatic heterocycles. The molecule has 0 aliphatic carbocycles. The summed E-state index contributed by atoms with van der Waals surface area (Å²) in [4.78, 5) is 10.6.